The molecule has 1 heterocycles. The van der Waals surface area contributed by atoms with Gasteiger partial charge in [-0.05, 0) is 48.2 Å². The van der Waals surface area contributed by atoms with E-state index in [4.69, 9.17) is 9.47 Å². The van der Waals surface area contributed by atoms with E-state index in [-0.39, 0.29) is 0 Å². The zero-order chi connectivity index (χ0) is 17.8. The Morgan fingerprint density at radius 3 is 2.58 bits per heavy atom. The summed E-state index contributed by atoms with van der Waals surface area (Å²) in [6.07, 6.45) is 1.34. The summed E-state index contributed by atoms with van der Waals surface area (Å²) in [5.74, 6) is 0. The zero-order valence-electron chi connectivity index (χ0n) is 14.7. The average molecular weight is 352 g/mol. The highest BCUT2D eigenvalue weighted by Crippen LogP contribution is 2.36. The molecule has 1 aliphatic carbocycles. The molecule has 5 nitrogen and oxygen atoms in total. The molecular formula is C21H24N2O3. The number of allylic oxidation sites excluding steroid dienone is 1. The second-order valence-electron chi connectivity index (χ2n) is 6.59. The van der Waals surface area contributed by atoms with Crippen molar-refractivity contribution in [1.82, 2.24) is 0 Å². The van der Waals surface area contributed by atoms with Crippen molar-refractivity contribution in [2.24, 2.45) is 0 Å². The number of nitrogens with zero attached hydrogens (tertiary/aromatic N) is 1. The molecular weight excluding hydrogens is 328 g/mol. The number of hydrogen-bond donors (Lipinski definition) is 2. The number of morpholine rings is 1. The van der Waals surface area contributed by atoms with Gasteiger partial charge in [0.15, 0.2) is 0 Å². The van der Waals surface area contributed by atoms with Gasteiger partial charge in [0.1, 0.15) is 0 Å². The summed E-state index contributed by atoms with van der Waals surface area (Å²) in [6, 6.07) is 17.9. The highest BCUT2D eigenvalue weighted by atomic mass is 16.6. The Balaban J connectivity index is 1.34. The van der Waals surface area contributed by atoms with Gasteiger partial charge in [0.2, 0.25) is 6.41 Å². The molecule has 0 aromatic heterocycles. The van der Waals surface area contributed by atoms with Crippen molar-refractivity contribution in [2.75, 3.05) is 30.0 Å². The number of anilines is 2. The number of benzene rings is 2. The topological polar surface area (TPSA) is 54.0 Å². The molecule has 2 N–H and O–H groups in total. The van der Waals surface area contributed by atoms with Crippen LogP contribution in [0.5, 0.6) is 0 Å². The normalized spacial score (nSPS) is 18.0. The molecule has 1 aliphatic heterocycles. The van der Waals surface area contributed by atoms with E-state index in [1.54, 1.807) is 0 Å². The predicted molar refractivity (Wildman–Crippen MR) is 102 cm³/mol. The molecule has 4 rings (SSSR count). The van der Waals surface area contributed by atoms with Crippen molar-refractivity contribution in [3.05, 3.63) is 71.4 Å². The van der Waals surface area contributed by atoms with Gasteiger partial charge in [-0.3, -0.25) is 0 Å². The first-order valence-corrected chi connectivity index (χ1v) is 9.06. The molecule has 2 fully saturated rings. The SMILES string of the molecule is OC(Nc1ccc(N2CCOCC2=C2CC2)cc1)OCc1ccccc1. The van der Waals surface area contributed by atoms with Crippen LogP contribution in [-0.2, 0) is 16.1 Å². The van der Waals surface area contributed by atoms with Crippen LogP contribution in [-0.4, -0.2) is 31.3 Å². The fraction of sp³-hybridized carbons (Fsp3) is 0.333. The third kappa shape index (κ3) is 4.25. The number of aliphatic hydroxyl groups excluding tert-OH is 1. The van der Waals surface area contributed by atoms with Crippen LogP contribution in [0.4, 0.5) is 11.4 Å². The summed E-state index contributed by atoms with van der Waals surface area (Å²) in [5, 5.41) is 13.0. The van der Waals surface area contributed by atoms with Gasteiger partial charge in [0.05, 0.1) is 19.8 Å². The van der Waals surface area contributed by atoms with E-state index in [1.165, 1.54) is 24.1 Å². The molecule has 26 heavy (non-hydrogen) atoms. The van der Waals surface area contributed by atoms with Crippen LogP contribution in [0.3, 0.4) is 0 Å². The molecule has 0 spiro atoms. The number of nitrogens with one attached hydrogen (secondary N) is 1. The Kier molecular flexibility index (Phi) is 5.20. The minimum atomic E-state index is -1.05. The summed E-state index contributed by atoms with van der Waals surface area (Å²) in [7, 11) is 0. The summed E-state index contributed by atoms with van der Waals surface area (Å²) in [5.41, 5.74) is 5.84. The Bertz CT molecular complexity index is 753. The van der Waals surface area contributed by atoms with Gasteiger partial charge in [0.25, 0.3) is 0 Å². The third-order valence-electron chi connectivity index (χ3n) is 4.65. The fourth-order valence-electron chi connectivity index (χ4n) is 3.14. The Morgan fingerprint density at radius 1 is 1.08 bits per heavy atom. The van der Waals surface area contributed by atoms with Crippen LogP contribution >= 0.6 is 0 Å². The summed E-state index contributed by atoms with van der Waals surface area (Å²) >= 11 is 0. The van der Waals surface area contributed by atoms with Crippen LogP contribution in [0.15, 0.2) is 65.9 Å². The lowest BCUT2D eigenvalue weighted by Crippen LogP contribution is -2.34. The van der Waals surface area contributed by atoms with Gasteiger partial charge in [-0.25, -0.2) is 0 Å². The first-order chi connectivity index (χ1) is 12.8. The number of aliphatic hydroxyl groups is 1. The highest BCUT2D eigenvalue weighted by molar-refractivity contribution is 5.59. The molecule has 0 amide bonds. The first kappa shape index (κ1) is 17.1. The molecule has 2 aromatic carbocycles. The average Bonchev–Trinajstić information content (AvgIpc) is 3.53. The maximum atomic E-state index is 10.0. The van der Waals surface area contributed by atoms with E-state index >= 15 is 0 Å². The molecule has 0 bridgehead atoms. The fourth-order valence-corrected chi connectivity index (χ4v) is 3.14. The Morgan fingerprint density at radius 2 is 1.85 bits per heavy atom. The van der Waals surface area contributed by atoms with Crippen LogP contribution in [0.25, 0.3) is 0 Å². The van der Waals surface area contributed by atoms with Crippen molar-refractivity contribution >= 4 is 11.4 Å². The van der Waals surface area contributed by atoms with Crippen molar-refractivity contribution in [1.29, 1.82) is 0 Å². The number of hydrogen-bond acceptors (Lipinski definition) is 5. The third-order valence-corrected chi connectivity index (χ3v) is 4.65. The minimum Gasteiger partial charge on any atom is -0.373 e. The van der Waals surface area contributed by atoms with E-state index in [2.05, 4.69) is 22.3 Å². The lowest BCUT2D eigenvalue weighted by Gasteiger charge is -2.32. The Labute approximate surface area is 153 Å². The largest absolute Gasteiger partial charge is 0.373 e. The number of ether oxygens (including phenoxy) is 2. The lowest BCUT2D eigenvalue weighted by molar-refractivity contribution is -0.0871. The molecule has 1 saturated carbocycles. The van der Waals surface area contributed by atoms with Crippen molar-refractivity contribution in [2.45, 2.75) is 25.9 Å². The second kappa shape index (κ2) is 7.91. The van der Waals surface area contributed by atoms with Gasteiger partial charge in [-0.2, -0.15) is 0 Å². The molecule has 1 unspecified atom stereocenters. The van der Waals surface area contributed by atoms with E-state index in [0.29, 0.717) is 13.2 Å². The zero-order valence-corrected chi connectivity index (χ0v) is 14.7. The smallest absolute Gasteiger partial charge is 0.235 e. The monoisotopic (exact) mass is 352 g/mol. The van der Waals surface area contributed by atoms with E-state index in [9.17, 15) is 5.11 Å². The van der Waals surface area contributed by atoms with E-state index in [1.807, 2.05) is 42.5 Å². The molecule has 1 saturated heterocycles. The minimum absolute atomic E-state index is 0.359. The van der Waals surface area contributed by atoms with Gasteiger partial charge in [-0.1, -0.05) is 30.3 Å². The standard InChI is InChI=1S/C21H24N2O3/c24-21(26-14-16-4-2-1-3-5-16)22-18-8-10-19(11-9-18)23-12-13-25-15-20(23)17-6-7-17/h1-5,8-11,21-22,24H,6-7,12-15H2. The predicted octanol–water partition coefficient (Wildman–Crippen LogP) is 3.48. The van der Waals surface area contributed by atoms with Gasteiger partial charge in [0, 0.05) is 23.6 Å². The van der Waals surface area contributed by atoms with Crippen molar-refractivity contribution in [3.63, 3.8) is 0 Å². The molecule has 5 heteroatoms. The summed E-state index contributed by atoms with van der Waals surface area (Å²) in [4.78, 5) is 2.35. The van der Waals surface area contributed by atoms with Crippen LogP contribution < -0.4 is 10.2 Å². The van der Waals surface area contributed by atoms with Gasteiger partial charge in [-0.15, -0.1) is 0 Å². The molecule has 136 valence electrons. The molecule has 2 aromatic rings. The van der Waals surface area contributed by atoms with Crippen molar-refractivity contribution < 1.29 is 14.6 Å². The molecule has 1 atom stereocenters. The van der Waals surface area contributed by atoms with Gasteiger partial charge >= 0.3 is 0 Å². The Hall–Kier alpha value is -2.34. The van der Waals surface area contributed by atoms with Crippen LogP contribution in [0, 0.1) is 0 Å². The maximum absolute atomic E-state index is 10.0. The van der Waals surface area contributed by atoms with E-state index in [0.717, 1.165) is 30.1 Å². The van der Waals surface area contributed by atoms with Gasteiger partial charge < -0.3 is 24.8 Å². The quantitative estimate of drug-likeness (QED) is 0.780. The molecule has 2 aliphatic rings. The second-order valence-corrected chi connectivity index (χ2v) is 6.59. The maximum Gasteiger partial charge on any atom is 0.235 e. The summed E-state index contributed by atoms with van der Waals surface area (Å²) in [6.45, 7) is 2.70. The lowest BCUT2D eigenvalue weighted by atomic mass is 10.2. The summed E-state index contributed by atoms with van der Waals surface area (Å²) < 4.78 is 11.1. The van der Waals surface area contributed by atoms with E-state index < -0.39 is 6.41 Å². The number of rotatable bonds is 6. The van der Waals surface area contributed by atoms with Crippen molar-refractivity contribution in [3.8, 4) is 0 Å². The molecule has 0 radical (unpaired) electrons. The highest BCUT2D eigenvalue weighted by Gasteiger charge is 2.25. The van der Waals surface area contributed by atoms with Crippen LogP contribution in [0.2, 0.25) is 0 Å². The first-order valence-electron chi connectivity index (χ1n) is 9.06. The van der Waals surface area contributed by atoms with Crippen LogP contribution in [0.1, 0.15) is 18.4 Å².